The van der Waals surface area contributed by atoms with Crippen LogP contribution in [0.4, 0.5) is 5.82 Å². The van der Waals surface area contributed by atoms with Crippen molar-refractivity contribution in [1.82, 2.24) is 29.4 Å². The van der Waals surface area contributed by atoms with Crippen molar-refractivity contribution in [3.63, 3.8) is 0 Å². The van der Waals surface area contributed by atoms with Gasteiger partial charge in [0.15, 0.2) is 5.82 Å². The summed E-state index contributed by atoms with van der Waals surface area (Å²) in [4.78, 5) is 16.8. The quantitative estimate of drug-likeness (QED) is 0.815. The Balaban J connectivity index is 1.50. The van der Waals surface area contributed by atoms with Crippen LogP contribution in [-0.2, 0) is 6.54 Å². The van der Waals surface area contributed by atoms with Crippen molar-refractivity contribution in [3.05, 3.63) is 17.6 Å². The molecule has 2 aromatic heterocycles. The van der Waals surface area contributed by atoms with Gasteiger partial charge in [-0.3, -0.25) is 4.90 Å². The summed E-state index contributed by atoms with van der Waals surface area (Å²) < 4.78 is 1.96. The van der Waals surface area contributed by atoms with E-state index in [9.17, 15) is 0 Å². The summed E-state index contributed by atoms with van der Waals surface area (Å²) in [5.41, 5.74) is 1.02. The smallest absolute Gasteiger partial charge is 0.254 e. The van der Waals surface area contributed by atoms with E-state index in [1.165, 1.54) is 32.2 Å². The van der Waals surface area contributed by atoms with Gasteiger partial charge in [-0.1, -0.05) is 6.92 Å². The van der Waals surface area contributed by atoms with Gasteiger partial charge in [-0.15, -0.1) is 5.10 Å². The maximum absolute atomic E-state index is 4.82. The van der Waals surface area contributed by atoms with Gasteiger partial charge >= 0.3 is 0 Å². The van der Waals surface area contributed by atoms with Gasteiger partial charge in [0.2, 0.25) is 0 Å². The minimum Gasteiger partial charge on any atom is -0.356 e. The van der Waals surface area contributed by atoms with Crippen LogP contribution in [0.25, 0.3) is 5.78 Å². The number of anilines is 1. The number of aromatic nitrogens is 4. The predicted molar refractivity (Wildman–Crippen MR) is 104 cm³/mol. The van der Waals surface area contributed by atoms with E-state index in [1.807, 2.05) is 4.52 Å². The molecule has 26 heavy (non-hydrogen) atoms. The number of fused-ring (bicyclic) bond motifs is 1. The van der Waals surface area contributed by atoms with Crippen molar-refractivity contribution in [1.29, 1.82) is 0 Å². The fraction of sp³-hybridized carbons (Fsp3) is 0.737. The molecule has 2 fully saturated rings. The predicted octanol–water partition coefficient (Wildman–Crippen LogP) is 1.95. The summed E-state index contributed by atoms with van der Waals surface area (Å²) in [6, 6.07) is 2.15. The largest absolute Gasteiger partial charge is 0.356 e. The van der Waals surface area contributed by atoms with Crippen molar-refractivity contribution in [2.75, 3.05) is 50.7 Å². The number of rotatable bonds is 5. The molecule has 7 heteroatoms. The number of piperazine rings is 1. The van der Waals surface area contributed by atoms with E-state index in [1.54, 1.807) is 0 Å². The van der Waals surface area contributed by atoms with E-state index in [4.69, 9.17) is 10.1 Å². The molecule has 2 aromatic rings. The molecule has 0 amide bonds. The third-order valence-electron chi connectivity index (χ3n) is 5.52. The van der Waals surface area contributed by atoms with Gasteiger partial charge in [-0.05, 0) is 39.2 Å². The summed E-state index contributed by atoms with van der Waals surface area (Å²) in [6.07, 6.45) is 5.08. The van der Waals surface area contributed by atoms with Crippen molar-refractivity contribution < 1.29 is 0 Å². The lowest BCUT2D eigenvalue weighted by Crippen LogP contribution is -2.46. The fourth-order valence-corrected chi connectivity index (χ4v) is 4.11. The maximum atomic E-state index is 4.82. The summed E-state index contributed by atoms with van der Waals surface area (Å²) in [7, 11) is 0. The average Bonchev–Trinajstić information content (AvgIpc) is 3.05. The zero-order valence-corrected chi connectivity index (χ0v) is 16.2. The molecular formula is C19H31N7. The Bertz CT molecular complexity index is 727. The van der Waals surface area contributed by atoms with Gasteiger partial charge in [0.25, 0.3) is 5.78 Å². The van der Waals surface area contributed by atoms with Gasteiger partial charge in [-0.25, -0.2) is 4.98 Å². The van der Waals surface area contributed by atoms with Crippen molar-refractivity contribution >= 4 is 11.6 Å². The van der Waals surface area contributed by atoms with Gasteiger partial charge in [0, 0.05) is 51.0 Å². The molecule has 4 rings (SSSR count). The lowest BCUT2D eigenvalue weighted by Gasteiger charge is -2.33. The molecule has 142 valence electrons. The van der Waals surface area contributed by atoms with E-state index in [-0.39, 0.29) is 0 Å². The van der Waals surface area contributed by atoms with Crippen molar-refractivity contribution in [2.24, 2.45) is 0 Å². The normalized spacial score (nSPS) is 20.2. The summed E-state index contributed by atoms with van der Waals surface area (Å²) in [6.45, 7) is 13.0. The third-order valence-corrected chi connectivity index (χ3v) is 5.52. The molecule has 2 saturated heterocycles. The number of hydrogen-bond donors (Lipinski definition) is 0. The van der Waals surface area contributed by atoms with Crippen molar-refractivity contribution in [3.8, 4) is 0 Å². The molecule has 0 N–H and O–H groups in total. The molecule has 0 atom stereocenters. The Kier molecular flexibility index (Phi) is 5.36. The van der Waals surface area contributed by atoms with Gasteiger partial charge < -0.3 is 9.80 Å². The molecular weight excluding hydrogens is 326 g/mol. The highest BCUT2D eigenvalue weighted by Gasteiger charge is 2.20. The molecule has 0 bridgehead atoms. The summed E-state index contributed by atoms with van der Waals surface area (Å²) >= 11 is 0. The van der Waals surface area contributed by atoms with Crippen LogP contribution in [-0.4, -0.2) is 75.2 Å². The number of piperidine rings is 1. The van der Waals surface area contributed by atoms with Crippen LogP contribution in [0.2, 0.25) is 0 Å². The van der Waals surface area contributed by atoms with E-state index in [0.29, 0.717) is 0 Å². The SMILES string of the molecule is CCCN1CCN(Cc2nc3nc(C)cc(N4CCCCC4)n3n2)CC1. The Morgan fingerprint density at radius 1 is 0.923 bits per heavy atom. The number of hydrogen-bond acceptors (Lipinski definition) is 6. The minimum atomic E-state index is 0.741. The van der Waals surface area contributed by atoms with Gasteiger partial charge in [0.1, 0.15) is 5.82 Å². The Morgan fingerprint density at radius 2 is 1.65 bits per heavy atom. The molecule has 7 nitrogen and oxygen atoms in total. The van der Waals surface area contributed by atoms with Crippen LogP contribution in [0.3, 0.4) is 0 Å². The van der Waals surface area contributed by atoms with Gasteiger partial charge in [0.05, 0.1) is 6.54 Å². The lowest BCUT2D eigenvalue weighted by molar-refractivity contribution is 0.125. The first kappa shape index (κ1) is 17.7. The molecule has 0 radical (unpaired) electrons. The zero-order chi connectivity index (χ0) is 17.9. The number of nitrogens with zero attached hydrogens (tertiary/aromatic N) is 7. The van der Waals surface area contributed by atoms with Crippen LogP contribution in [0, 0.1) is 6.92 Å². The van der Waals surface area contributed by atoms with Crippen LogP contribution in [0.15, 0.2) is 6.07 Å². The van der Waals surface area contributed by atoms with E-state index >= 15 is 0 Å². The highest BCUT2D eigenvalue weighted by molar-refractivity contribution is 5.47. The molecule has 0 aromatic carbocycles. The van der Waals surface area contributed by atoms with Crippen molar-refractivity contribution in [2.45, 2.75) is 46.1 Å². The maximum Gasteiger partial charge on any atom is 0.254 e. The molecule has 0 unspecified atom stereocenters. The van der Waals surface area contributed by atoms with Gasteiger partial charge in [-0.2, -0.15) is 9.50 Å². The second-order valence-corrected chi connectivity index (χ2v) is 7.66. The minimum absolute atomic E-state index is 0.741. The van der Waals surface area contributed by atoms with Crippen LogP contribution in [0.5, 0.6) is 0 Å². The summed E-state index contributed by atoms with van der Waals surface area (Å²) in [5, 5.41) is 4.82. The third kappa shape index (κ3) is 3.83. The van der Waals surface area contributed by atoms with Crippen LogP contribution < -0.4 is 4.90 Å². The topological polar surface area (TPSA) is 52.8 Å². The molecule has 4 heterocycles. The molecule has 0 spiro atoms. The molecule has 2 aliphatic rings. The fourth-order valence-electron chi connectivity index (χ4n) is 4.11. The van der Waals surface area contributed by atoms with E-state index < -0.39 is 0 Å². The monoisotopic (exact) mass is 357 g/mol. The second-order valence-electron chi connectivity index (χ2n) is 7.66. The lowest BCUT2D eigenvalue weighted by atomic mass is 10.1. The molecule has 0 aliphatic carbocycles. The van der Waals surface area contributed by atoms with E-state index in [0.717, 1.165) is 68.9 Å². The Hall–Kier alpha value is -1.73. The van der Waals surface area contributed by atoms with E-state index in [2.05, 4.69) is 39.6 Å². The molecule has 0 saturated carbocycles. The highest BCUT2D eigenvalue weighted by Crippen LogP contribution is 2.21. The Morgan fingerprint density at radius 3 is 2.38 bits per heavy atom. The summed E-state index contributed by atoms with van der Waals surface area (Å²) in [5.74, 6) is 2.79. The Labute approximate surface area is 156 Å². The molecule has 2 aliphatic heterocycles. The van der Waals surface area contributed by atoms with Crippen LogP contribution >= 0.6 is 0 Å². The first-order valence-electron chi connectivity index (χ1n) is 10.2. The zero-order valence-electron chi connectivity index (χ0n) is 16.2. The first-order valence-corrected chi connectivity index (χ1v) is 10.2. The number of aryl methyl sites for hydroxylation is 1. The first-order chi connectivity index (χ1) is 12.7. The highest BCUT2D eigenvalue weighted by atomic mass is 15.4. The average molecular weight is 358 g/mol. The van der Waals surface area contributed by atoms with Crippen LogP contribution in [0.1, 0.15) is 44.1 Å². The second kappa shape index (κ2) is 7.88. The standard InChI is InChI=1S/C19H31N7/c1-3-7-23-10-12-24(13-11-23)15-17-21-19-20-16(2)14-18(26(19)22-17)25-8-5-4-6-9-25/h14H,3-13,15H2,1-2H3.